The first-order chi connectivity index (χ1) is 7.75. The molecule has 4 nitrogen and oxygen atoms in total. The van der Waals surface area contributed by atoms with Crippen LogP contribution in [0.2, 0.25) is 0 Å². The Morgan fingerprint density at radius 2 is 2.00 bits per heavy atom. The van der Waals surface area contributed by atoms with Crippen LogP contribution in [-0.4, -0.2) is 40.5 Å². The van der Waals surface area contributed by atoms with E-state index in [-0.39, 0.29) is 0 Å². The highest BCUT2D eigenvalue weighted by molar-refractivity contribution is 5.39. The molecule has 0 amide bonds. The van der Waals surface area contributed by atoms with Crippen LogP contribution < -0.4 is 5.32 Å². The molecule has 2 rings (SSSR count). The summed E-state index contributed by atoms with van der Waals surface area (Å²) in [4.78, 5) is 11.0. The van der Waals surface area contributed by atoms with Gasteiger partial charge in [-0.15, -0.1) is 0 Å². The first-order valence-corrected chi connectivity index (χ1v) is 6.02. The standard InChI is InChI=1S/C12H20N4/c1-10(9-16-7-3-4-8-16)15-12-11(2)13-5-6-14-12/h5-6,10H,3-4,7-9H2,1-2H3,(H,14,15). The molecule has 1 N–H and O–H groups in total. The lowest BCUT2D eigenvalue weighted by molar-refractivity contribution is 0.327. The van der Waals surface area contributed by atoms with Crippen molar-refractivity contribution < 1.29 is 0 Å². The Morgan fingerprint density at radius 1 is 1.31 bits per heavy atom. The van der Waals surface area contributed by atoms with Gasteiger partial charge in [0.25, 0.3) is 0 Å². The summed E-state index contributed by atoms with van der Waals surface area (Å²) in [6.45, 7) is 7.76. The molecule has 1 atom stereocenters. The van der Waals surface area contributed by atoms with E-state index in [1.165, 1.54) is 25.9 Å². The van der Waals surface area contributed by atoms with Crippen molar-refractivity contribution in [1.29, 1.82) is 0 Å². The number of anilines is 1. The van der Waals surface area contributed by atoms with Gasteiger partial charge in [-0.2, -0.15) is 0 Å². The van der Waals surface area contributed by atoms with E-state index in [0.717, 1.165) is 18.1 Å². The van der Waals surface area contributed by atoms with Gasteiger partial charge in [0, 0.05) is 25.0 Å². The number of aryl methyl sites for hydroxylation is 1. The van der Waals surface area contributed by atoms with E-state index in [4.69, 9.17) is 0 Å². The first kappa shape index (κ1) is 11.3. The van der Waals surface area contributed by atoms with E-state index >= 15 is 0 Å². The fourth-order valence-corrected chi connectivity index (χ4v) is 2.18. The zero-order chi connectivity index (χ0) is 11.4. The summed E-state index contributed by atoms with van der Waals surface area (Å²) in [5.74, 6) is 0.911. The normalized spacial score (nSPS) is 18.6. The lowest BCUT2D eigenvalue weighted by Gasteiger charge is -2.21. The third-order valence-electron chi connectivity index (χ3n) is 3.00. The molecule has 2 heterocycles. The molecule has 0 saturated carbocycles. The van der Waals surface area contributed by atoms with Crippen LogP contribution in [0.5, 0.6) is 0 Å². The molecular weight excluding hydrogens is 200 g/mol. The Hall–Kier alpha value is -1.16. The average Bonchev–Trinajstić information content (AvgIpc) is 2.74. The molecule has 0 bridgehead atoms. The van der Waals surface area contributed by atoms with Crippen molar-refractivity contribution in [1.82, 2.24) is 14.9 Å². The molecule has 1 aliphatic heterocycles. The summed E-state index contributed by atoms with van der Waals surface area (Å²) in [5.41, 5.74) is 0.968. The average molecular weight is 220 g/mol. The lowest BCUT2D eigenvalue weighted by atomic mass is 10.3. The molecule has 1 aliphatic rings. The second-order valence-corrected chi connectivity index (χ2v) is 4.54. The molecule has 4 heteroatoms. The summed E-state index contributed by atoms with van der Waals surface area (Å²) in [7, 11) is 0. The summed E-state index contributed by atoms with van der Waals surface area (Å²) >= 11 is 0. The molecule has 16 heavy (non-hydrogen) atoms. The Bertz CT molecular complexity index is 334. The molecular formula is C12H20N4. The first-order valence-electron chi connectivity index (χ1n) is 6.02. The second-order valence-electron chi connectivity index (χ2n) is 4.54. The molecule has 0 radical (unpaired) electrons. The van der Waals surface area contributed by atoms with Crippen LogP contribution >= 0.6 is 0 Å². The number of likely N-dealkylation sites (tertiary alicyclic amines) is 1. The van der Waals surface area contributed by atoms with E-state index in [0.29, 0.717) is 6.04 Å². The SMILES string of the molecule is Cc1nccnc1NC(C)CN1CCCC1. The maximum Gasteiger partial charge on any atom is 0.147 e. The monoisotopic (exact) mass is 220 g/mol. The van der Waals surface area contributed by atoms with Crippen LogP contribution in [0.1, 0.15) is 25.5 Å². The van der Waals surface area contributed by atoms with Gasteiger partial charge in [-0.25, -0.2) is 4.98 Å². The van der Waals surface area contributed by atoms with Gasteiger partial charge in [-0.05, 0) is 39.8 Å². The Morgan fingerprint density at radius 3 is 2.69 bits per heavy atom. The number of aromatic nitrogens is 2. The number of nitrogens with one attached hydrogen (secondary N) is 1. The van der Waals surface area contributed by atoms with E-state index in [1.807, 2.05) is 6.92 Å². The third kappa shape index (κ3) is 2.92. The fourth-order valence-electron chi connectivity index (χ4n) is 2.18. The van der Waals surface area contributed by atoms with Gasteiger partial charge in [0.15, 0.2) is 0 Å². The predicted octanol–water partition coefficient (Wildman–Crippen LogP) is 1.68. The number of rotatable bonds is 4. The number of hydrogen-bond donors (Lipinski definition) is 1. The minimum Gasteiger partial charge on any atom is -0.365 e. The summed E-state index contributed by atoms with van der Waals surface area (Å²) in [5, 5.41) is 3.42. The number of hydrogen-bond acceptors (Lipinski definition) is 4. The third-order valence-corrected chi connectivity index (χ3v) is 3.00. The van der Waals surface area contributed by atoms with Gasteiger partial charge in [0.2, 0.25) is 0 Å². The predicted molar refractivity (Wildman–Crippen MR) is 65.5 cm³/mol. The molecule has 1 fully saturated rings. The number of nitrogens with zero attached hydrogens (tertiary/aromatic N) is 3. The Labute approximate surface area is 97.1 Å². The molecule has 1 aromatic rings. The van der Waals surface area contributed by atoms with Gasteiger partial charge < -0.3 is 10.2 Å². The van der Waals surface area contributed by atoms with E-state index < -0.39 is 0 Å². The largest absolute Gasteiger partial charge is 0.365 e. The van der Waals surface area contributed by atoms with Crippen molar-refractivity contribution in [2.45, 2.75) is 32.7 Å². The van der Waals surface area contributed by atoms with Gasteiger partial charge in [0.1, 0.15) is 5.82 Å². The Kier molecular flexibility index (Phi) is 3.72. The van der Waals surface area contributed by atoms with E-state index in [9.17, 15) is 0 Å². The molecule has 0 spiro atoms. The van der Waals surface area contributed by atoms with Crippen LogP contribution in [0.3, 0.4) is 0 Å². The smallest absolute Gasteiger partial charge is 0.147 e. The maximum atomic E-state index is 4.30. The van der Waals surface area contributed by atoms with Crippen LogP contribution in [0.4, 0.5) is 5.82 Å². The van der Waals surface area contributed by atoms with Gasteiger partial charge in [-0.3, -0.25) is 4.98 Å². The summed E-state index contributed by atoms with van der Waals surface area (Å²) in [6.07, 6.45) is 6.15. The summed E-state index contributed by atoms with van der Waals surface area (Å²) in [6, 6.07) is 0.425. The van der Waals surface area contributed by atoms with Crippen LogP contribution in [-0.2, 0) is 0 Å². The van der Waals surface area contributed by atoms with Crippen molar-refractivity contribution in [3.05, 3.63) is 18.1 Å². The lowest BCUT2D eigenvalue weighted by Crippen LogP contribution is -2.33. The van der Waals surface area contributed by atoms with Gasteiger partial charge >= 0.3 is 0 Å². The molecule has 1 unspecified atom stereocenters. The highest BCUT2D eigenvalue weighted by Crippen LogP contribution is 2.11. The molecule has 1 saturated heterocycles. The highest BCUT2D eigenvalue weighted by Gasteiger charge is 2.15. The molecule has 0 aliphatic carbocycles. The minimum atomic E-state index is 0.425. The fraction of sp³-hybridized carbons (Fsp3) is 0.667. The van der Waals surface area contributed by atoms with Crippen molar-refractivity contribution in [2.24, 2.45) is 0 Å². The molecule has 0 aromatic carbocycles. The van der Waals surface area contributed by atoms with Crippen LogP contribution in [0.25, 0.3) is 0 Å². The quantitative estimate of drug-likeness (QED) is 0.838. The van der Waals surface area contributed by atoms with Crippen LogP contribution in [0.15, 0.2) is 12.4 Å². The van der Waals surface area contributed by atoms with Crippen molar-refractivity contribution in [2.75, 3.05) is 25.0 Å². The van der Waals surface area contributed by atoms with Gasteiger partial charge in [-0.1, -0.05) is 0 Å². The highest BCUT2D eigenvalue weighted by atomic mass is 15.2. The van der Waals surface area contributed by atoms with Crippen LogP contribution in [0, 0.1) is 6.92 Å². The molecule has 1 aromatic heterocycles. The minimum absolute atomic E-state index is 0.425. The second kappa shape index (κ2) is 5.25. The van der Waals surface area contributed by atoms with Crippen molar-refractivity contribution in [3.8, 4) is 0 Å². The zero-order valence-corrected chi connectivity index (χ0v) is 10.1. The Balaban J connectivity index is 1.86. The molecule has 88 valence electrons. The maximum absolute atomic E-state index is 4.30. The zero-order valence-electron chi connectivity index (χ0n) is 10.1. The van der Waals surface area contributed by atoms with E-state index in [2.05, 4.69) is 27.1 Å². The van der Waals surface area contributed by atoms with E-state index in [1.54, 1.807) is 12.4 Å². The van der Waals surface area contributed by atoms with Crippen molar-refractivity contribution in [3.63, 3.8) is 0 Å². The van der Waals surface area contributed by atoms with Crippen molar-refractivity contribution >= 4 is 5.82 Å². The summed E-state index contributed by atoms with van der Waals surface area (Å²) < 4.78 is 0. The topological polar surface area (TPSA) is 41.1 Å². The van der Waals surface area contributed by atoms with Gasteiger partial charge in [0.05, 0.1) is 5.69 Å².